The van der Waals surface area contributed by atoms with E-state index in [1.807, 2.05) is 0 Å². The summed E-state index contributed by atoms with van der Waals surface area (Å²) in [7, 11) is 0. The molecule has 0 aliphatic rings. The summed E-state index contributed by atoms with van der Waals surface area (Å²) in [6.45, 7) is -7.51. The highest BCUT2D eigenvalue weighted by Gasteiger charge is 2.73. The van der Waals surface area contributed by atoms with E-state index in [9.17, 15) is 105 Å². The monoisotopic (exact) mass is 696 g/mol. The summed E-state index contributed by atoms with van der Waals surface area (Å²) in [4.78, 5) is 0. The molecule has 0 bridgehead atoms. The van der Waals surface area contributed by atoms with Gasteiger partial charge < -0.3 is 22.9 Å². The fraction of sp³-hybridized carbons (Fsp3) is 1.00. The van der Waals surface area contributed by atoms with E-state index in [0.29, 0.717) is 0 Å². The van der Waals surface area contributed by atoms with Crippen molar-refractivity contribution in [3.63, 3.8) is 0 Å². The predicted molar refractivity (Wildman–Crippen MR) is 90.1 cm³/mol. The van der Waals surface area contributed by atoms with E-state index in [1.54, 1.807) is 0 Å². The molecule has 4 nitrogen and oxygen atoms in total. The maximum absolute atomic E-state index is 11.8. The number of rotatable bonds is 6. The average Bonchev–Trinajstić information content (AvgIpc) is 2.77. The summed E-state index contributed by atoms with van der Waals surface area (Å²) in [5.74, 6) is -32.2. The molecule has 0 aliphatic heterocycles. The highest BCUT2D eigenvalue weighted by Crippen LogP contribution is 2.46. The molecule has 0 aliphatic carbocycles. The zero-order valence-electron chi connectivity index (χ0n) is 19.2. The molecule has 42 heavy (non-hydrogen) atoms. The van der Waals surface area contributed by atoms with Gasteiger partial charge in [0.05, 0.1) is 26.2 Å². The first-order chi connectivity index (χ1) is 17.7. The van der Waals surface area contributed by atoms with Crippen LogP contribution in [0.4, 0.5) is 105 Å². The van der Waals surface area contributed by atoms with Crippen LogP contribution >= 0.6 is 0 Å². The van der Waals surface area contributed by atoms with Crippen molar-refractivity contribution < 1.29 is 105 Å². The molecule has 0 rings (SSSR count). The molecule has 0 aromatic heterocycles. The minimum Gasteiger partial charge on any atom is -0.325 e. The molecule has 8 N–H and O–H groups in total. The maximum atomic E-state index is 11.8. The summed E-state index contributed by atoms with van der Waals surface area (Å²) in [5.41, 5.74) is 16.4. The second-order valence-electron chi connectivity index (χ2n) is 6.77. The maximum Gasteiger partial charge on any atom is 0.459 e. The topological polar surface area (TPSA) is 104 Å². The van der Waals surface area contributed by atoms with Crippen LogP contribution in [0.2, 0.25) is 0 Å². The summed E-state index contributed by atoms with van der Waals surface area (Å²) in [6.07, 6.45) is -23.6. The number of alkyl halides is 24. The molecule has 0 saturated heterocycles. The van der Waals surface area contributed by atoms with Crippen molar-refractivity contribution in [1.29, 1.82) is 0 Å². The third kappa shape index (κ3) is 12.8. The van der Waals surface area contributed by atoms with Crippen LogP contribution in [0.1, 0.15) is 0 Å². The van der Waals surface area contributed by atoms with Gasteiger partial charge in [0.2, 0.25) is 0 Å². The molecule has 0 atom stereocenters. The zero-order chi connectivity index (χ0) is 35.8. The highest BCUT2D eigenvalue weighted by atomic mass is 19.4. The minimum absolute atomic E-state index is 1.70. The molecule has 0 heterocycles. The van der Waals surface area contributed by atoms with Gasteiger partial charge in [0, 0.05) is 0 Å². The summed E-state index contributed by atoms with van der Waals surface area (Å²) >= 11 is 0. The third-order valence-corrected chi connectivity index (χ3v) is 3.49. The van der Waals surface area contributed by atoms with Gasteiger partial charge >= 0.3 is 60.2 Å². The van der Waals surface area contributed by atoms with Crippen LogP contribution in [0.25, 0.3) is 0 Å². The van der Waals surface area contributed by atoms with E-state index < -0.39 is 86.4 Å². The molecule has 0 amide bonds. The lowest BCUT2D eigenvalue weighted by Gasteiger charge is -2.26. The van der Waals surface area contributed by atoms with Crippen molar-refractivity contribution in [2.45, 2.75) is 60.2 Å². The Labute approximate surface area is 216 Å². The Balaban J connectivity index is -0.000000231. The van der Waals surface area contributed by atoms with Crippen LogP contribution in [-0.2, 0) is 0 Å². The molecule has 0 aromatic carbocycles. The SMILES string of the molecule is NCC(F)(F)C(F)(F)C(F)(F)F.NCC(F)(F)C(F)(F)C(F)(F)F.NCC(F)(F)C(F)(F)F.NCC(F)(F)C(F)(F)F. The lowest BCUT2D eigenvalue weighted by molar-refractivity contribution is -0.351. The van der Waals surface area contributed by atoms with Crippen LogP contribution in [0.5, 0.6) is 0 Å². The second-order valence-corrected chi connectivity index (χ2v) is 6.77. The molecule has 0 unspecified atom stereocenters. The fourth-order valence-electron chi connectivity index (χ4n) is 0.903. The Morgan fingerprint density at radius 1 is 0.238 bits per heavy atom. The van der Waals surface area contributed by atoms with Crippen LogP contribution in [-0.4, -0.2) is 86.4 Å². The van der Waals surface area contributed by atoms with E-state index in [1.165, 1.54) is 0 Å². The first-order valence-electron chi connectivity index (χ1n) is 9.08. The third-order valence-electron chi connectivity index (χ3n) is 3.49. The van der Waals surface area contributed by atoms with Gasteiger partial charge in [-0.15, -0.1) is 0 Å². The molecule has 260 valence electrons. The van der Waals surface area contributed by atoms with E-state index in [2.05, 4.69) is 22.9 Å². The van der Waals surface area contributed by atoms with E-state index in [4.69, 9.17) is 0 Å². The van der Waals surface area contributed by atoms with Crippen LogP contribution in [0, 0.1) is 0 Å². The molecule has 0 fully saturated rings. The molecule has 0 radical (unpaired) electrons. The zero-order valence-corrected chi connectivity index (χ0v) is 19.2. The van der Waals surface area contributed by atoms with Crippen molar-refractivity contribution in [3.05, 3.63) is 0 Å². The van der Waals surface area contributed by atoms with Crippen LogP contribution < -0.4 is 22.9 Å². The van der Waals surface area contributed by atoms with Gasteiger partial charge in [-0.2, -0.15) is 105 Å². The Bertz CT molecular complexity index is 697. The number of hydrogen-bond acceptors (Lipinski definition) is 4. The van der Waals surface area contributed by atoms with Gasteiger partial charge in [-0.3, -0.25) is 0 Å². The average molecular weight is 696 g/mol. The first-order valence-corrected chi connectivity index (χ1v) is 9.08. The standard InChI is InChI=1S/2C4H4F7N.2C3H4F5N/c2*5-2(6,1-12)3(7,8)4(9,10)11;2*4-2(5,1-9)3(6,7)8/h2*1,12H2;2*1,9H2. The predicted octanol–water partition coefficient (Wildman–Crippen LogP) is 5.84. The van der Waals surface area contributed by atoms with Gasteiger partial charge in [0.25, 0.3) is 0 Å². The fourth-order valence-corrected chi connectivity index (χ4v) is 0.903. The molecule has 28 heteroatoms. The lowest BCUT2D eigenvalue weighted by Crippen LogP contribution is -2.55. The van der Waals surface area contributed by atoms with Crippen LogP contribution in [0.3, 0.4) is 0 Å². The highest BCUT2D eigenvalue weighted by molar-refractivity contribution is 4.92. The Morgan fingerprint density at radius 3 is 0.405 bits per heavy atom. The summed E-state index contributed by atoms with van der Waals surface area (Å²) in [6, 6.07) is 0. The van der Waals surface area contributed by atoms with Gasteiger partial charge in [-0.1, -0.05) is 0 Å². The van der Waals surface area contributed by atoms with Crippen molar-refractivity contribution in [1.82, 2.24) is 0 Å². The molecule has 0 saturated carbocycles. The number of hydrogen-bond donors (Lipinski definition) is 4. The van der Waals surface area contributed by atoms with E-state index >= 15 is 0 Å². The van der Waals surface area contributed by atoms with Crippen molar-refractivity contribution in [2.24, 2.45) is 22.9 Å². The van der Waals surface area contributed by atoms with E-state index in [0.717, 1.165) is 0 Å². The quantitative estimate of drug-likeness (QED) is 0.262. The summed E-state index contributed by atoms with van der Waals surface area (Å²) in [5, 5.41) is 0. The second kappa shape index (κ2) is 14.8. The minimum atomic E-state index is -6.28. The van der Waals surface area contributed by atoms with Crippen molar-refractivity contribution in [2.75, 3.05) is 26.2 Å². The van der Waals surface area contributed by atoms with Gasteiger partial charge in [0.15, 0.2) is 0 Å². The molecule has 0 spiro atoms. The van der Waals surface area contributed by atoms with Crippen LogP contribution in [0.15, 0.2) is 0 Å². The van der Waals surface area contributed by atoms with Gasteiger partial charge in [-0.25, -0.2) is 0 Å². The smallest absolute Gasteiger partial charge is 0.325 e. The Kier molecular flexibility index (Phi) is 16.6. The Morgan fingerprint density at radius 2 is 0.381 bits per heavy atom. The van der Waals surface area contributed by atoms with Crippen molar-refractivity contribution >= 4 is 0 Å². The van der Waals surface area contributed by atoms with E-state index in [-0.39, 0.29) is 0 Å². The number of halogens is 24. The molecular formula is C14H16F24N4. The van der Waals surface area contributed by atoms with Gasteiger partial charge in [0.1, 0.15) is 0 Å². The largest absolute Gasteiger partial charge is 0.459 e. The Hall–Kier alpha value is -1.84. The summed E-state index contributed by atoms with van der Waals surface area (Å²) < 4.78 is 273. The first kappa shape index (κ1) is 47.1. The molecular weight excluding hydrogens is 680 g/mol. The van der Waals surface area contributed by atoms with Gasteiger partial charge in [-0.05, 0) is 0 Å². The van der Waals surface area contributed by atoms with Crippen molar-refractivity contribution in [3.8, 4) is 0 Å². The number of nitrogens with two attached hydrogens (primary N) is 4. The molecule has 0 aromatic rings. The normalized spacial score (nSPS) is 14.6. The lowest BCUT2D eigenvalue weighted by atomic mass is 10.1.